The van der Waals surface area contributed by atoms with Crippen LogP contribution in [0.25, 0.3) is 149 Å². The summed E-state index contributed by atoms with van der Waals surface area (Å²) in [5.74, 6) is 0.948. The fourth-order valence-electron chi connectivity index (χ4n) is 13.7. The van der Waals surface area contributed by atoms with Crippen LogP contribution < -0.4 is 0 Å². The third kappa shape index (κ3) is 7.79. The summed E-state index contributed by atoms with van der Waals surface area (Å²) in [6, 6.07) is 102. The Bertz CT molecular complexity index is 4940. The van der Waals surface area contributed by atoms with Gasteiger partial charge in [-0.3, -0.25) is 0 Å². The van der Waals surface area contributed by atoms with Gasteiger partial charge in [0.2, 0.25) is 0 Å². The zero-order valence-electron chi connectivity index (χ0n) is 47.0. The Hall–Kier alpha value is -10.2. The Balaban J connectivity index is 0.867. The predicted octanol–water partition coefficient (Wildman–Crippen LogP) is 22.2. The predicted molar refractivity (Wildman–Crippen MR) is 354 cm³/mol. The van der Waals surface area contributed by atoms with E-state index in [1.165, 1.54) is 154 Å². The van der Waals surface area contributed by atoms with Crippen molar-refractivity contribution in [1.29, 1.82) is 0 Å². The zero-order chi connectivity index (χ0) is 55.4. The SMILES string of the molecule is CC(C)c1ccc(-n2c3ccccc3c3cc(-c4ccc5c(c4)c4cc(-c6ccc7c(c6)c6ccccc6n7-c6ccc(C(C)C)cc6)ccc4n5-c4ccc(-c5c6ccccc6c(-c6ccccc6)c6ccccc56)cc4)ccc32)cc1. The summed E-state index contributed by atoms with van der Waals surface area (Å²) in [6.07, 6.45) is 0. The first-order chi connectivity index (χ1) is 40.8. The quantitative estimate of drug-likeness (QED) is 0.128. The van der Waals surface area contributed by atoms with E-state index < -0.39 is 0 Å². The van der Waals surface area contributed by atoms with Crippen LogP contribution >= 0.6 is 0 Å². The molecule has 3 nitrogen and oxygen atoms in total. The Morgan fingerprint density at radius 2 is 0.458 bits per heavy atom. The second-order valence-corrected chi connectivity index (χ2v) is 23.2. The van der Waals surface area contributed by atoms with Crippen LogP contribution in [0.2, 0.25) is 0 Å². The van der Waals surface area contributed by atoms with Gasteiger partial charge in [0.15, 0.2) is 0 Å². The van der Waals surface area contributed by atoms with Gasteiger partial charge in [0.25, 0.3) is 0 Å². The number of hydrogen-bond donors (Lipinski definition) is 0. The minimum atomic E-state index is 0.474. The summed E-state index contributed by atoms with van der Waals surface area (Å²) in [4.78, 5) is 0. The largest absolute Gasteiger partial charge is 0.309 e. The van der Waals surface area contributed by atoms with E-state index >= 15 is 0 Å². The van der Waals surface area contributed by atoms with E-state index in [1.807, 2.05) is 0 Å². The Labute approximate surface area is 483 Å². The smallest absolute Gasteiger partial charge is 0.0541 e. The van der Waals surface area contributed by atoms with Crippen LogP contribution in [0.5, 0.6) is 0 Å². The molecule has 3 aromatic heterocycles. The van der Waals surface area contributed by atoms with Crippen LogP contribution in [0, 0.1) is 0 Å². The van der Waals surface area contributed by atoms with Gasteiger partial charge in [-0.2, -0.15) is 0 Å². The number of benzene rings is 13. The molecular weight excluding hydrogens is 1000 g/mol. The molecule has 394 valence electrons. The lowest BCUT2D eigenvalue weighted by atomic mass is 9.86. The number of nitrogens with zero attached hydrogens (tertiary/aromatic N) is 3. The molecular formula is C80H59N3. The van der Waals surface area contributed by atoms with Crippen LogP contribution in [0.15, 0.2) is 273 Å². The number of rotatable bonds is 9. The molecule has 0 spiro atoms. The number of aromatic nitrogens is 3. The summed E-state index contributed by atoms with van der Waals surface area (Å²) in [6.45, 7) is 9.03. The van der Waals surface area contributed by atoms with Crippen LogP contribution in [-0.4, -0.2) is 13.7 Å². The standard InChI is InChI=1S/C80H59N3/c1-50(2)52-26-36-60(37-27-52)81-73-24-14-12-18-63(73)69-46-56(32-42-75(69)81)58-34-44-77-71(48-58)72-49-59(57-33-43-76-70(47-57)64-19-13-15-25-74(64)82(76)61-38-28-53(29-39-61)51(3)4)35-45-78(72)83(77)62-40-30-55(31-41-62)80-67-22-10-8-20-65(67)79(54-16-6-5-7-17-54)66-21-9-11-23-68(66)80/h5-51H,1-4H3. The molecule has 0 fully saturated rings. The van der Waals surface area contributed by atoms with Crippen molar-refractivity contribution in [1.82, 2.24) is 13.7 Å². The molecule has 0 aliphatic rings. The lowest BCUT2D eigenvalue weighted by Gasteiger charge is -2.18. The van der Waals surface area contributed by atoms with E-state index in [-0.39, 0.29) is 0 Å². The van der Waals surface area contributed by atoms with E-state index in [0.717, 1.165) is 5.69 Å². The van der Waals surface area contributed by atoms with E-state index in [4.69, 9.17) is 0 Å². The summed E-state index contributed by atoms with van der Waals surface area (Å²) in [5.41, 5.74) is 23.0. The minimum absolute atomic E-state index is 0.474. The molecule has 16 aromatic rings. The lowest BCUT2D eigenvalue weighted by Crippen LogP contribution is -1.95. The van der Waals surface area contributed by atoms with Crippen molar-refractivity contribution in [3.05, 3.63) is 284 Å². The highest BCUT2D eigenvalue weighted by atomic mass is 15.0. The van der Waals surface area contributed by atoms with Crippen molar-refractivity contribution in [3.63, 3.8) is 0 Å². The summed E-state index contributed by atoms with van der Waals surface area (Å²) in [5, 5.41) is 12.4. The monoisotopic (exact) mass is 1060 g/mol. The molecule has 3 heterocycles. The summed E-state index contributed by atoms with van der Waals surface area (Å²) in [7, 11) is 0. The lowest BCUT2D eigenvalue weighted by molar-refractivity contribution is 0.865. The number of hydrogen-bond acceptors (Lipinski definition) is 0. The molecule has 0 radical (unpaired) electrons. The van der Waals surface area contributed by atoms with Gasteiger partial charge in [0.05, 0.1) is 33.1 Å². The van der Waals surface area contributed by atoms with Crippen molar-refractivity contribution in [2.24, 2.45) is 0 Å². The fourth-order valence-corrected chi connectivity index (χ4v) is 13.7. The average Bonchev–Trinajstić information content (AvgIpc) is 2.57. The van der Waals surface area contributed by atoms with Crippen molar-refractivity contribution < 1.29 is 0 Å². The van der Waals surface area contributed by atoms with Crippen molar-refractivity contribution in [2.75, 3.05) is 0 Å². The maximum absolute atomic E-state index is 2.47. The Kier molecular flexibility index (Phi) is 11.3. The van der Waals surface area contributed by atoms with Gasteiger partial charge in [0, 0.05) is 49.4 Å². The highest BCUT2D eigenvalue weighted by Crippen LogP contribution is 2.46. The molecule has 0 saturated carbocycles. The van der Waals surface area contributed by atoms with Gasteiger partial charge in [-0.1, -0.05) is 204 Å². The van der Waals surface area contributed by atoms with Crippen LogP contribution in [-0.2, 0) is 0 Å². The van der Waals surface area contributed by atoms with E-state index in [0.29, 0.717) is 11.8 Å². The number of fused-ring (bicyclic) bond motifs is 11. The first kappa shape index (κ1) is 48.7. The third-order valence-corrected chi connectivity index (χ3v) is 17.8. The van der Waals surface area contributed by atoms with E-state index in [9.17, 15) is 0 Å². The van der Waals surface area contributed by atoms with Gasteiger partial charge in [-0.25, -0.2) is 0 Å². The maximum atomic E-state index is 2.47. The second-order valence-electron chi connectivity index (χ2n) is 23.2. The van der Waals surface area contributed by atoms with Gasteiger partial charge >= 0.3 is 0 Å². The first-order valence-electron chi connectivity index (χ1n) is 29.3. The van der Waals surface area contributed by atoms with Crippen molar-refractivity contribution >= 4 is 87.0 Å². The molecule has 16 rings (SSSR count). The van der Waals surface area contributed by atoms with Gasteiger partial charge in [-0.05, 0) is 186 Å². The summed E-state index contributed by atoms with van der Waals surface area (Å²) >= 11 is 0. The molecule has 83 heavy (non-hydrogen) atoms. The molecule has 0 unspecified atom stereocenters. The highest BCUT2D eigenvalue weighted by molar-refractivity contribution is 6.22. The third-order valence-electron chi connectivity index (χ3n) is 17.8. The van der Waals surface area contributed by atoms with Gasteiger partial charge < -0.3 is 13.7 Å². The maximum Gasteiger partial charge on any atom is 0.0541 e. The van der Waals surface area contributed by atoms with Crippen molar-refractivity contribution in [2.45, 2.75) is 39.5 Å². The van der Waals surface area contributed by atoms with Gasteiger partial charge in [0.1, 0.15) is 0 Å². The molecule has 0 atom stereocenters. The molecule has 0 aliphatic carbocycles. The molecule has 0 N–H and O–H groups in total. The highest BCUT2D eigenvalue weighted by Gasteiger charge is 2.21. The second kappa shape index (κ2) is 19.2. The molecule has 0 saturated heterocycles. The Morgan fingerprint density at radius 1 is 0.205 bits per heavy atom. The molecule has 3 heteroatoms. The van der Waals surface area contributed by atoms with Crippen LogP contribution in [0.1, 0.15) is 50.7 Å². The van der Waals surface area contributed by atoms with Crippen molar-refractivity contribution in [3.8, 4) is 61.6 Å². The first-order valence-corrected chi connectivity index (χ1v) is 29.3. The Morgan fingerprint density at radius 3 is 0.795 bits per heavy atom. The van der Waals surface area contributed by atoms with E-state index in [1.54, 1.807) is 0 Å². The molecule has 0 amide bonds. The number of para-hydroxylation sites is 2. The topological polar surface area (TPSA) is 14.8 Å². The van der Waals surface area contributed by atoms with Gasteiger partial charge in [-0.15, -0.1) is 0 Å². The average molecular weight is 1060 g/mol. The molecule has 0 aliphatic heterocycles. The fraction of sp³-hybridized carbons (Fsp3) is 0.0750. The summed E-state index contributed by atoms with van der Waals surface area (Å²) < 4.78 is 7.32. The normalized spacial score (nSPS) is 12.1. The zero-order valence-corrected chi connectivity index (χ0v) is 47.0. The molecule has 13 aromatic carbocycles. The minimum Gasteiger partial charge on any atom is -0.309 e. The molecule has 0 bridgehead atoms. The van der Waals surface area contributed by atoms with Crippen LogP contribution in [0.3, 0.4) is 0 Å². The van der Waals surface area contributed by atoms with E-state index in [2.05, 4.69) is 314 Å². The van der Waals surface area contributed by atoms with Crippen LogP contribution in [0.4, 0.5) is 0 Å².